The third kappa shape index (κ3) is 3.19. The summed E-state index contributed by atoms with van der Waals surface area (Å²) in [5, 5.41) is 10.8. The molecule has 0 bridgehead atoms. The Morgan fingerprint density at radius 2 is 2.06 bits per heavy atom. The Kier molecular flexibility index (Phi) is 4.66. The smallest absolute Gasteiger partial charge is 0.437 e. The van der Waals surface area contributed by atoms with Gasteiger partial charge in [0.1, 0.15) is 0 Å². The molecular formula is C11H12BrNO5. The fourth-order valence-electron chi connectivity index (χ4n) is 1.37. The van der Waals surface area contributed by atoms with Crippen molar-refractivity contribution in [3.63, 3.8) is 0 Å². The van der Waals surface area contributed by atoms with Gasteiger partial charge in [0.2, 0.25) is 0 Å². The zero-order valence-electron chi connectivity index (χ0n) is 10.1. The lowest BCUT2D eigenvalue weighted by atomic mass is 10.0. The van der Waals surface area contributed by atoms with Crippen LogP contribution in [0.3, 0.4) is 0 Å². The van der Waals surface area contributed by atoms with Crippen molar-refractivity contribution in [1.82, 2.24) is 0 Å². The van der Waals surface area contributed by atoms with E-state index < -0.39 is 11.1 Å². The van der Waals surface area contributed by atoms with Crippen molar-refractivity contribution in [2.75, 3.05) is 7.11 Å². The molecule has 0 saturated heterocycles. The third-order valence-electron chi connectivity index (χ3n) is 2.24. The molecule has 18 heavy (non-hydrogen) atoms. The molecule has 0 heterocycles. The Balaban J connectivity index is 3.31. The Hall–Kier alpha value is -1.63. The first-order valence-corrected chi connectivity index (χ1v) is 5.89. The van der Waals surface area contributed by atoms with Crippen molar-refractivity contribution in [1.29, 1.82) is 0 Å². The van der Waals surface area contributed by atoms with Gasteiger partial charge in [-0.05, 0) is 21.8 Å². The fraction of sp³-hybridized carbons (Fsp3) is 0.364. The van der Waals surface area contributed by atoms with E-state index in [0.717, 1.165) is 0 Å². The van der Waals surface area contributed by atoms with Gasteiger partial charge in [0.25, 0.3) is 5.69 Å². The molecule has 98 valence electrons. The van der Waals surface area contributed by atoms with E-state index in [2.05, 4.69) is 20.7 Å². The van der Waals surface area contributed by atoms with Crippen LogP contribution in [-0.2, 0) is 4.74 Å². The molecule has 0 aliphatic rings. The molecule has 0 aliphatic heterocycles. The molecule has 1 aromatic carbocycles. The van der Waals surface area contributed by atoms with Crippen LogP contribution in [0.25, 0.3) is 0 Å². The van der Waals surface area contributed by atoms with E-state index >= 15 is 0 Å². The maximum atomic E-state index is 11.1. The van der Waals surface area contributed by atoms with E-state index in [0.29, 0.717) is 10.0 Å². The molecule has 6 nitrogen and oxygen atoms in total. The van der Waals surface area contributed by atoms with E-state index in [4.69, 9.17) is 4.74 Å². The molecule has 0 spiro atoms. The Morgan fingerprint density at radius 1 is 1.44 bits per heavy atom. The minimum absolute atomic E-state index is 0.0409. The van der Waals surface area contributed by atoms with Crippen LogP contribution >= 0.6 is 15.9 Å². The van der Waals surface area contributed by atoms with Crippen LogP contribution in [-0.4, -0.2) is 18.2 Å². The average Bonchev–Trinajstić information content (AvgIpc) is 2.30. The van der Waals surface area contributed by atoms with Crippen LogP contribution in [0.1, 0.15) is 25.3 Å². The molecule has 1 aromatic rings. The minimum Gasteiger partial charge on any atom is -0.437 e. The number of halogens is 1. The van der Waals surface area contributed by atoms with Gasteiger partial charge in [-0.3, -0.25) is 10.1 Å². The zero-order chi connectivity index (χ0) is 13.9. The second-order valence-corrected chi connectivity index (χ2v) is 4.67. The quantitative estimate of drug-likeness (QED) is 0.368. The standard InChI is InChI=1S/C11H12BrNO5/c1-6(2)8-4-7(13(15)16)5-9(12)10(8)18-11(14)17-3/h4-6H,1-3H3. The van der Waals surface area contributed by atoms with Gasteiger partial charge in [0.15, 0.2) is 5.75 Å². The minimum atomic E-state index is -0.869. The Morgan fingerprint density at radius 3 is 2.50 bits per heavy atom. The number of non-ortho nitro benzene ring substituents is 1. The van der Waals surface area contributed by atoms with E-state index in [-0.39, 0.29) is 17.4 Å². The molecule has 0 amide bonds. The molecule has 7 heteroatoms. The lowest BCUT2D eigenvalue weighted by Gasteiger charge is -2.13. The molecule has 0 atom stereocenters. The molecule has 0 radical (unpaired) electrons. The SMILES string of the molecule is COC(=O)Oc1c(Br)cc([N+](=O)[O-])cc1C(C)C. The van der Waals surface area contributed by atoms with E-state index in [1.165, 1.54) is 19.2 Å². The zero-order valence-corrected chi connectivity index (χ0v) is 11.7. The van der Waals surface area contributed by atoms with Crippen LogP contribution in [0.2, 0.25) is 0 Å². The second-order valence-electron chi connectivity index (χ2n) is 3.81. The molecule has 1 rings (SSSR count). The maximum Gasteiger partial charge on any atom is 0.513 e. The van der Waals surface area contributed by atoms with Gasteiger partial charge >= 0.3 is 6.16 Å². The number of nitro benzene ring substituents is 1. The van der Waals surface area contributed by atoms with Crippen molar-refractivity contribution >= 4 is 27.8 Å². The lowest BCUT2D eigenvalue weighted by Crippen LogP contribution is -2.10. The van der Waals surface area contributed by atoms with Crippen LogP contribution < -0.4 is 4.74 Å². The van der Waals surface area contributed by atoms with Gasteiger partial charge in [-0.2, -0.15) is 0 Å². The highest BCUT2D eigenvalue weighted by Crippen LogP contribution is 2.37. The summed E-state index contributed by atoms with van der Waals surface area (Å²) in [4.78, 5) is 21.4. The van der Waals surface area contributed by atoms with Crippen molar-refractivity contribution < 1.29 is 19.2 Å². The third-order valence-corrected chi connectivity index (χ3v) is 2.83. The molecule has 0 N–H and O–H groups in total. The van der Waals surface area contributed by atoms with E-state index in [1.807, 2.05) is 13.8 Å². The number of ether oxygens (including phenoxy) is 2. The summed E-state index contributed by atoms with van der Waals surface area (Å²) in [7, 11) is 1.19. The molecule has 0 unspecified atom stereocenters. The summed E-state index contributed by atoms with van der Waals surface area (Å²) in [6, 6.07) is 2.66. The van der Waals surface area contributed by atoms with Crippen molar-refractivity contribution in [3.8, 4) is 5.75 Å². The summed E-state index contributed by atoms with van der Waals surface area (Å²) < 4.78 is 9.74. The van der Waals surface area contributed by atoms with Gasteiger partial charge in [-0.25, -0.2) is 4.79 Å². The lowest BCUT2D eigenvalue weighted by molar-refractivity contribution is -0.385. The number of benzene rings is 1. The van der Waals surface area contributed by atoms with Crippen LogP contribution in [0.4, 0.5) is 10.5 Å². The molecular weight excluding hydrogens is 306 g/mol. The summed E-state index contributed by atoms with van der Waals surface area (Å²) >= 11 is 3.16. The first kappa shape index (κ1) is 14.4. The second kappa shape index (κ2) is 5.81. The van der Waals surface area contributed by atoms with Crippen molar-refractivity contribution in [2.24, 2.45) is 0 Å². The van der Waals surface area contributed by atoms with E-state index in [9.17, 15) is 14.9 Å². The van der Waals surface area contributed by atoms with Crippen LogP contribution in [0, 0.1) is 10.1 Å². The number of carbonyl (C=O) groups excluding carboxylic acids is 1. The first-order chi connectivity index (χ1) is 8.36. The molecule has 0 fully saturated rings. The maximum absolute atomic E-state index is 11.1. The van der Waals surface area contributed by atoms with Crippen LogP contribution in [0.5, 0.6) is 5.75 Å². The molecule has 0 aromatic heterocycles. The highest BCUT2D eigenvalue weighted by atomic mass is 79.9. The summed E-state index contributed by atoms with van der Waals surface area (Å²) in [5.74, 6) is 0.198. The number of hydrogen-bond donors (Lipinski definition) is 0. The summed E-state index contributed by atoms with van der Waals surface area (Å²) in [6.07, 6.45) is -0.869. The van der Waals surface area contributed by atoms with Gasteiger partial charge in [0.05, 0.1) is 16.5 Å². The van der Waals surface area contributed by atoms with Crippen LogP contribution in [0.15, 0.2) is 16.6 Å². The Bertz CT molecular complexity index is 487. The molecule has 0 aliphatic carbocycles. The molecule has 0 saturated carbocycles. The average molecular weight is 318 g/mol. The van der Waals surface area contributed by atoms with E-state index in [1.54, 1.807) is 0 Å². The number of rotatable bonds is 3. The summed E-state index contributed by atoms with van der Waals surface area (Å²) in [6.45, 7) is 3.69. The fourth-order valence-corrected chi connectivity index (χ4v) is 1.91. The number of nitro groups is 1. The van der Waals surface area contributed by atoms with Gasteiger partial charge in [-0.15, -0.1) is 0 Å². The van der Waals surface area contributed by atoms with Crippen molar-refractivity contribution in [3.05, 3.63) is 32.3 Å². The highest BCUT2D eigenvalue weighted by Gasteiger charge is 2.20. The number of methoxy groups -OCH3 is 1. The van der Waals surface area contributed by atoms with Crippen molar-refractivity contribution in [2.45, 2.75) is 19.8 Å². The Labute approximate surface area is 112 Å². The normalized spacial score (nSPS) is 10.3. The predicted octanol–water partition coefficient (Wildman–Crippen LogP) is 3.63. The topological polar surface area (TPSA) is 78.7 Å². The van der Waals surface area contributed by atoms with Gasteiger partial charge in [-0.1, -0.05) is 13.8 Å². The highest BCUT2D eigenvalue weighted by molar-refractivity contribution is 9.10. The number of hydrogen-bond acceptors (Lipinski definition) is 5. The number of nitrogens with zero attached hydrogens (tertiary/aromatic N) is 1. The summed E-state index contributed by atoms with van der Waals surface area (Å²) in [5.41, 5.74) is 0.490. The predicted molar refractivity (Wildman–Crippen MR) is 67.9 cm³/mol. The monoisotopic (exact) mass is 317 g/mol. The van der Waals surface area contributed by atoms with Gasteiger partial charge < -0.3 is 9.47 Å². The largest absolute Gasteiger partial charge is 0.513 e. The first-order valence-electron chi connectivity index (χ1n) is 5.10. The number of carbonyl (C=O) groups is 1. The van der Waals surface area contributed by atoms with Gasteiger partial charge in [0, 0.05) is 17.7 Å².